The van der Waals surface area contributed by atoms with Gasteiger partial charge in [0.25, 0.3) is 0 Å². The summed E-state index contributed by atoms with van der Waals surface area (Å²) in [5.74, 6) is 0.718. The van der Waals surface area contributed by atoms with Crippen LogP contribution in [0.15, 0.2) is 22.7 Å². The summed E-state index contributed by atoms with van der Waals surface area (Å²) < 4.78 is 1.07. The molecule has 0 atom stereocenters. The van der Waals surface area contributed by atoms with E-state index >= 15 is 0 Å². The Morgan fingerprint density at radius 1 is 1.22 bits per heavy atom. The van der Waals surface area contributed by atoms with Gasteiger partial charge in [-0.05, 0) is 25.0 Å². The summed E-state index contributed by atoms with van der Waals surface area (Å²) in [6, 6.07) is 6.09. The van der Waals surface area contributed by atoms with E-state index in [1.807, 2.05) is 12.1 Å². The zero-order chi connectivity index (χ0) is 13.5. The summed E-state index contributed by atoms with van der Waals surface area (Å²) in [6.07, 6.45) is 2.41. The fraction of sp³-hybridized carbons (Fsp3) is 0.600. The van der Waals surface area contributed by atoms with E-state index in [0.717, 1.165) is 34.7 Å². The van der Waals surface area contributed by atoms with Crippen LogP contribution in [0, 0.1) is 5.92 Å². The number of aliphatic hydroxyl groups excluding tert-OH is 1. The third kappa shape index (κ3) is 3.99. The minimum Gasteiger partial charge on any atom is -0.392 e. The van der Waals surface area contributed by atoms with Crippen molar-refractivity contribution in [3.05, 3.63) is 28.2 Å². The quantitative estimate of drug-likeness (QED) is 0.815. The molecule has 0 spiro atoms. The summed E-state index contributed by atoms with van der Waals surface area (Å²) in [7, 11) is 0. The van der Waals surface area contributed by atoms with Gasteiger partial charge in [-0.1, -0.05) is 48.7 Å². The first-order valence-electron chi connectivity index (χ1n) is 6.80. The molecule has 0 aromatic heterocycles. The van der Waals surface area contributed by atoms with Crippen LogP contribution in [0.5, 0.6) is 0 Å². The maximum atomic E-state index is 9.46. The number of aliphatic hydroxyl groups is 1. The topological polar surface area (TPSA) is 23.5 Å². The van der Waals surface area contributed by atoms with Crippen LogP contribution in [0.3, 0.4) is 0 Å². The van der Waals surface area contributed by atoms with Crippen LogP contribution in [0.25, 0.3) is 0 Å². The number of halogens is 1. The summed E-state index contributed by atoms with van der Waals surface area (Å²) in [4.78, 5) is 2.37. The van der Waals surface area contributed by atoms with Gasteiger partial charge in [-0.2, -0.15) is 0 Å². The zero-order valence-electron chi connectivity index (χ0n) is 11.6. The minimum atomic E-state index is 0.0992. The van der Waals surface area contributed by atoms with Gasteiger partial charge in [0, 0.05) is 28.8 Å². The van der Waals surface area contributed by atoms with E-state index in [1.54, 1.807) is 0 Å². The molecule has 0 saturated carbocycles. The van der Waals surface area contributed by atoms with E-state index in [-0.39, 0.29) is 6.61 Å². The molecule has 0 aliphatic carbocycles. The van der Waals surface area contributed by atoms with Gasteiger partial charge in [0.15, 0.2) is 0 Å². The van der Waals surface area contributed by atoms with Crippen molar-refractivity contribution < 1.29 is 5.11 Å². The van der Waals surface area contributed by atoms with Crippen LogP contribution in [0.4, 0.5) is 5.69 Å². The van der Waals surface area contributed by atoms with Gasteiger partial charge < -0.3 is 10.0 Å². The molecule has 1 N–H and O–H groups in total. The van der Waals surface area contributed by atoms with E-state index in [0.29, 0.717) is 0 Å². The van der Waals surface area contributed by atoms with E-state index in [9.17, 15) is 5.11 Å². The highest BCUT2D eigenvalue weighted by Gasteiger charge is 2.14. The first-order chi connectivity index (χ1) is 8.65. The van der Waals surface area contributed by atoms with Gasteiger partial charge in [-0.25, -0.2) is 0 Å². The standard InChI is InChI=1S/C15H24BrNO/c1-4-12(5-2)10-17(6-3)15-9-14(16)8-7-13(15)11-18/h7-9,12,18H,4-6,10-11H2,1-3H3. The Morgan fingerprint density at radius 3 is 2.39 bits per heavy atom. The van der Waals surface area contributed by atoms with Crippen molar-refractivity contribution in [2.45, 2.75) is 40.2 Å². The number of anilines is 1. The lowest BCUT2D eigenvalue weighted by molar-refractivity contribution is 0.282. The fourth-order valence-corrected chi connectivity index (χ4v) is 2.57. The molecular weight excluding hydrogens is 290 g/mol. The van der Waals surface area contributed by atoms with Gasteiger partial charge in [0.05, 0.1) is 6.61 Å². The Morgan fingerprint density at radius 2 is 1.89 bits per heavy atom. The number of hydrogen-bond donors (Lipinski definition) is 1. The molecule has 0 heterocycles. The summed E-state index contributed by atoms with van der Waals surface area (Å²) in [5.41, 5.74) is 2.16. The van der Waals surface area contributed by atoms with Crippen LogP contribution >= 0.6 is 15.9 Å². The zero-order valence-corrected chi connectivity index (χ0v) is 13.2. The minimum absolute atomic E-state index is 0.0992. The second-order valence-electron chi connectivity index (χ2n) is 4.65. The molecule has 18 heavy (non-hydrogen) atoms. The average molecular weight is 314 g/mol. The molecule has 0 aliphatic rings. The molecule has 0 aliphatic heterocycles. The Bertz CT molecular complexity index is 364. The fourth-order valence-electron chi connectivity index (χ4n) is 2.22. The third-order valence-electron chi connectivity index (χ3n) is 3.57. The molecule has 0 amide bonds. The highest BCUT2D eigenvalue weighted by atomic mass is 79.9. The van der Waals surface area contributed by atoms with Crippen molar-refractivity contribution in [1.29, 1.82) is 0 Å². The molecule has 0 radical (unpaired) electrons. The van der Waals surface area contributed by atoms with Gasteiger partial charge in [-0.3, -0.25) is 0 Å². The van der Waals surface area contributed by atoms with Gasteiger partial charge >= 0.3 is 0 Å². The van der Waals surface area contributed by atoms with Crippen molar-refractivity contribution in [3.63, 3.8) is 0 Å². The largest absolute Gasteiger partial charge is 0.392 e. The van der Waals surface area contributed by atoms with Crippen LogP contribution in [-0.2, 0) is 6.61 Å². The van der Waals surface area contributed by atoms with Crippen molar-refractivity contribution >= 4 is 21.6 Å². The summed E-state index contributed by atoms with van der Waals surface area (Å²) in [5, 5.41) is 9.46. The predicted octanol–water partition coefficient (Wildman–Crippen LogP) is 4.20. The molecule has 0 bridgehead atoms. The second-order valence-corrected chi connectivity index (χ2v) is 5.57. The number of benzene rings is 1. The van der Waals surface area contributed by atoms with E-state index in [4.69, 9.17) is 0 Å². The Labute approximate surface area is 119 Å². The monoisotopic (exact) mass is 313 g/mol. The molecule has 2 nitrogen and oxygen atoms in total. The van der Waals surface area contributed by atoms with Crippen molar-refractivity contribution in [2.24, 2.45) is 5.92 Å². The highest BCUT2D eigenvalue weighted by molar-refractivity contribution is 9.10. The SMILES string of the molecule is CCC(CC)CN(CC)c1cc(Br)ccc1CO. The Balaban J connectivity index is 2.96. The molecule has 0 unspecified atom stereocenters. The molecule has 3 heteroatoms. The van der Waals surface area contributed by atoms with Crippen LogP contribution < -0.4 is 4.90 Å². The third-order valence-corrected chi connectivity index (χ3v) is 4.07. The van der Waals surface area contributed by atoms with E-state index in [1.165, 1.54) is 12.8 Å². The van der Waals surface area contributed by atoms with Crippen molar-refractivity contribution in [3.8, 4) is 0 Å². The molecule has 1 aromatic carbocycles. The van der Waals surface area contributed by atoms with Crippen molar-refractivity contribution in [2.75, 3.05) is 18.0 Å². The second kappa shape index (κ2) is 7.80. The van der Waals surface area contributed by atoms with E-state index in [2.05, 4.69) is 47.7 Å². The Kier molecular flexibility index (Phi) is 6.72. The first-order valence-corrected chi connectivity index (χ1v) is 7.59. The average Bonchev–Trinajstić information content (AvgIpc) is 2.40. The van der Waals surface area contributed by atoms with Crippen LogP contribution in [-0.4, -0.2) is 18.2 Å². The number of hydrogen-bond acceptors (Lipinski definition) is 2. The molecular formula is C15H24BrNO. The highest BCUT2D eigenvalue weighted by Crippen LogP contribution is 2.26. The lowest BCUT2D eigenvalue weighted by atomic mass is 10.0. The predicted molar refractivity (Wildman–Crippen MR) is 82.0 cm³/mol. The van der Waals surface area contributed by atoms with E-state index < -0.39 is 0 Å². The smallest absolute Gasteiger partial charge is 0.0702 e. The summed E-state index contributed by atoms with van der Waals surface area (Å²) >= 11 is 3.52. The van der Waals surface area contributed by atoms with Crippen molar-refractivity contribution in [1.82, 2.24) is 0 Å². The maximum Gasteiger partial charge on any atom is 0.0702 e. The summed E-state index contributed by atoms with van der Waals surface area (Å²) in [6.45, 7) is 8.80. The lowest BCUT2D eigenvalue weighted by Crippen LogP contribution is -2.29. The molecule has 0 fully saturated rings. The normalized spacial score (nSPS) is 11.0. The van der Waals surface area contributed by atoms with Gasteiger partial charge in [-0.15, -0.1) is 0 Å². The van der Waals surface area contributed by atoms with Gasteiger partial charge in [0.2, 0.25) is 0 Å². The number of rotatable bonds is 7. The molecule has 1 rings (SSSR count). The first kappa shape index (κ1) is 15.5. The Hall–Kier alpha value is -0.540. The van der Waals surface area contributed by atoms with Crippen LogP contribution in [0.1, 0.15) is 39.2 Å². The molecule has 102 valence electrons. The molecule has 1 aromatic rings. The van der Waals surface area contributed by atoms with Crippen LogP contribution in [0.2, 0.25) is 0 Å². The molecule has 0 saturated heterocycles. The lowest BCUT2D eigenvalue weighted by Gasteiger charge is -2.29. The number of nitrogens with zero attached hydrogens (tertiary/aromatic N) is 1. The maximum absolute atomic E-state index is 9.46. The van der Waals surface area contributed by atoms with Gasteiger partial charge in [0.1, 0.15) is 0 Å².